The van der Waals surface area contributed by atoms with Crippen LogP contribution in [0.4, 0.5) is 5.69 Å². The summed E-state index contributed by atoms with van der Waals surface area (Å²) in [6.45, 7) is 3.71. The van der Waals surface area contributed by atoms with Crippen LogP contribution >= 0.6 is 34.4 Å². The highest BCUT2D eigenvalue weighted by molar-refractivity contribution is 7.99. The molecule has 0 fully saturated rings. The maximum atomic E-state index is 13.8. The Hall–Kier alpha value is -4.06. The predicted molar refractivity (Wildman–Crippen MR) is 153 cm³/mol. The Morgan fingerprint density at radius 3 is 2.72 bits per heavy atom. The number of para-hydroxylation sites is 1. The Balaban J connectivity index is 1.38. The second-order valence-corrected chi connectivity index (χ2v) is 11.6. The smallest absolute Gasteiger partial charge is 0.271 e. The summed E-state index contributed by atoms with van der Waals surface area (Å²) in [4.78, 5) is 42.0. The first-order valence-electron chi connectivity index (χ1n) is 12.0. The highest BCUT2D eigenvalue weighted by Crippen LogP contribution is 2.33. The van der Waals surface area contributed by atoms with E-state index in [1.165, 1.54) is 34.4 Å². The quantitative estimate of drug-likeness (QED) is 0.295. The number of aromatic nitrogens is 3. The molecule has 8 nitrogen and oxygen atoms in total. The molecule has 1 aliphatic heterocycles. The van der Waals surface area contributed by atoms with Gasteiger partial charge in [0.05, 0.1) is 15.8 Å². The molecule has 1 N–H and O–H groups in total. The van der Waals surface area contributed by atoms with Gasteiger partial charge in [0, 0.05) is 28.5 Å². The number of benzene rings is 1. The number of furan rings is 1. The van der Waals surface area contributed by atoms with Crippen LogP contribution in [0.2, 0.25) is 0 Å². The Morgan fingerprint density at radius 1 is 1.10 bits per heavy atom. The lowest BCUT2D eigenvalue weighted by atomic mass is 10.0. The molecule has 0 spiro atoms. The van der Waals surface area contributed by atoms with Gasteiger partial charge in [0.1, 0.15) is 11.8 Å². The van der Waals surface area contributed by atoms with Gasteiger partial charge in [-0.3, -0.25) is 14.2 Å². The van der Waals surface area contributed by atoms with Crippen molar-refractivity contribution in [3.8, 4) is 0 Å². The molecule has 0 radical (unpaired) electrons. The summed E-state index contributed by atoms with van der Waals surface area (Å²) in [5, 5.41) is 6.10. The highest BCUT2D eigenvalue weighted by Gasteiger charge is 2.33. The molecule has 1 aromatic carbocycles. The number of hydrogen-bond acceptors (Lipinski definition) is 9. The van der Waals surface area contributed by atoms with E-state index in [9.17, 15) is 9.59 Å². The molecule has 1 aliphatic rings. The van der Waals surface area contributed by atoms with Crippen LogP contribution in [0.5, 0.6) is 0 Å². The fourth-order valence-electron chi connectivity index (χ4n) is 4.21. The standard InChI is InChI=1S/C28H21N5O3S3/c1-16-12-13-29-27(30-16)39-22-11-10-19(36-22)15-21-26(35)33-24(20-9-6-14-37-20)23(17(2)31-28(33)38-21)25(34)32-18-7-4-3-5-8-18/h3-15,24H,1-2H3,(H,32,34)/b21-15+/t24-/m0/s1. The number of anilines is 1. The highest BCUT2D eigenvalue weighted by atomic mass is 32.2. The number of carbonyl (C=O) groups excluding carboxylic acids is 1. The Labute approximate surface area is 235 Å². The number of fused-ring (bicyclic) bond motifs is 1. The molecule has 39 heavy (non-hydrogen) atoms. The monoisotopic (exact) mass is 571 g/mol. The third-order valence-corrected chi connectivity index (χ3v) is 8.66. The van der Waals surface area contributed by atoms with Gasteiger partial charge in [-0.15, -0.1) is 11.3 Å². The number of aryl methyl sites for hydroxylation is 1. The van der Waals surface area contributed by atoms with Gasteiger partial charge in [0.25, 0.3) is 11.5 Å². The van der Waals surface area contributed by atoms with E-state index in [4.69, 9.17) is 4.42 Å². The van der Waals surface area contributed by atoms with Gasteiger partial charge in [-0.1, -0.05) is 35.6 Å². The summed E-state index contributed by atoms with van der Waals surface area (Å²) in [7, 11) is 0. The lowest BCUT2D eigenvalue weighted by Crippen LogP contribution is -2.40. The normalized spacial score (nSPS) is 15.2. The molecule has 0 bridgehead atoms. The van der Waals surface area contributed by atoms with Crippen LogP contribution in [0.25, 0.3) is 6.08 Å². The lowest BCUT2D eigenvalue weighted by molar-refractivity contribution is -0.113. The van der Waals surface area contributed by atoms with E-state index in [1.807, 2.05) is 66.9 Å². The summed E-state index contributed by atoms with van der Waals surface area (Å²) in [5.41, 5.74) is 2.32. The van der Waals surface area contributed by atoms with Crippen LogP contribution in [0.3, 0.4) is 0 Å². The van der Waals surface area contributed by atoms with Crippen molar-refractivity contribution in [2.75, 3.05) is 5.32 Å². The van der Waals surface area contributed by atoms with Gasteiger partial charge in [-0.05, 0) is 67.4 Å². The number of thiophene rings is 1. The van der Waals surface area contributed by atoms with E-state index in [2.05, 4.69) is 20.3 Å². The summed E-state index contributed by atoms with van der Waals surface area (Å²) in [6.07, 6.45) is 3.41. The van der Waals surface area contributed by atoms with E-state index in [-0.39, 0.29) is 11.5 Å². The maximum Gasteiger partial charge on any atom is 0.271 e. The van der Waals surface area contributed by atoms with Crippen molar-refractivity contribution in [2.45, 2.75) is 30.1 Å². The fourth-order valence-corrected chi connectivity index (χ4v) is 6.82. The van der Waals surface area contributed by atoms with Crippen molar-refractivity contribution < 1.29 is 9.21 Å². The van der Waals surface area contributed by atoms with Gasteiger partial charge in [-0.25, -0.2) is 15.0 Å². The minimum Gasteiger partial charge on any atom is -0.450 e. The molecule has 4 aromatic heterocycles. The minimum atomic E-state index is -0.590. The van der Waals surface area contributed by atoms with Crippen molar-refractivity contribution in [2.24, 2.45) is 4.99 Å². The average molecular weight is 572 g/mol. The maximum absolute atomic E-state index is 13.8. The molecule has 6 rings (SSSR count). The van der Waals surface area contributed by atoms with E-state index < -0.39 is 6.04 Å². The zero-order valence-electron chi connectivity index (χ0n) is 20.8. The van der Waals surface area contributed by atoms with E-state index in [0.29, 0.717) is 42.3 Å². The first kappa shape index (κ1) is 25.2. The summed E-state index contributed by atoms with van der Waals surface area (Å²) in [5.74, 6) is 0.238. The fraction of sp³-hybridized carbons (Fsp3) is 0.107. The summed E-state index contributed by atoms with van der Waals surface area (Å²) < 4.78 is 8.02. The van der Waals surface area contributed by atoms with E-state index in [1.54, 1.807) is 29.8 Å². The van der Waals surface area contributed by atoms with Crippen molar-refractivity contribution in [1.29, 1.82) is 0 Å². The zero-order chi connectivity index (χ0) is 26.9. The van der Waals surface area contributed by atoms with Crippen LogP contribution in [0.15, 0.2) is 108 Å². The van der Waals surface area contributed by atoms with Crippen molar-refractivity contribution >= 4 is 52.1 Å². The third kappa shape index (κ3) is 5.16. The Morgan fingerprint density at radius 2 is 1.95 bits per heavy atom. The average Bonchev–Trinajstić information content (AvgIpc) is 3.66. The van der Waals surface area contributed by atoms with Crippen LogP contribution < -0.4 is 20.2 Å². The molecule has 5 aromatic rings. The number of amides is 1. The molecule has 0 unspecified atom stereocenters. The number of nitrogens with zero attached hydrogens (tertiary/aromatic N) is 4. The van der Waals surface area contributed by atoms with Crippen molar-refractivity contribution in [1.82, 2.24) is 14.5 Å². The number of rotatable bonds is 6. The number of carbonyl (C=O) groups is 1. The number of nitrogens with one attached hydrogen (secondary N) is 1. The topological polar surface area (TPSA) is 102 Å². The predicted octanol–water partition coefficient (Wildman–Crippen LogP) is 4.78. The zero-order valence-corrected chi connectivity index (χ0v) is 23.3. The SMILES string of the molecule is CC1=C(C(=O)Nc2ccccc2)[C@H](c2cccs2)n2c(s/c(=C/c3ccc(Sc4nccc(C)n4)o3)c2=O)=N1. The molecule has 5 heterocycles. The van der Waals surface area contributed by atoms with Gasteiger partial charge in [-0.2, -0.15) is 0 Å². The molecule has 1 amide bonds. The van der Waals surface area contributed by atoms with Crippen LogP contribution in [-0.2, 0) is 4.79 Å². The molecule has 0 aliphatic carbocycles. The third-order valence-electron chi connectivity index (χ3n) is 5.95. The molecule has 11 heteroatoms. The van der Waals surface area contributed by atoms with Gasteiger partial charge in [0.15, 0.2) is 15.1 Å². The van der Waals surface area contributed by atoms with Gasteiger partial charge >= 0.3 is 0 Å². The molecule has 194 valence electrons. The largest absolute Gasteiger partial charge is 0.450 e. The van der Waals surface area contributed by atoms with Crippen LogP contribution in [0, 0.1) is 6.92 Å². The molecular formula is C28H21N5O3S3. The first-order chi connectivity index (χ1) is 19.0. The second kappa shape index (κ2) is 10.6. The second-order valence-electron chi connectivity index (χ2n) is 8.66. The van der Waals surface area contributed by atoms with Gasteiger partial charge in [0.2, 0.25) is 0 Å². The van der Waals surface area contributed by atoms with Crippen molar-refractivity contribution in [3.05, 3.63) is 120 Å². The van der Waals surface area contributed by atoms with Crippen LogP contribution in [-0.4, -0.2) is 20.4 Å². The van der Waals surface area contributed by atoms with Crippen LogP contribution in [0.1, 0.15) is 29.3 Å². The lowest BCUT2D eigenvalue weighted by Gasteiger charge is -2.24. The number of thiazole rings is 1. The molecule has 0 saturated heterocycles. The Kier molecular flexibility index (Phi) is 6.86. The minimum absolute atomic E-state index is 0.234. The Bertz CT molecular complexity index is 1890. The summed E-state index contributed by atoms with van der Waals surface area (Å²) in [6, 6.07) is 18.0. The molecule has 1 atom stereocenters. The van der Waals surface area contributed by atoms with E-state index in [0.717, 1.165) is 10.6 Å². The molecule has 0 saturated carbocycles. The summed E-state index contributed by atoms with van der Waals surface area (Å²) >= 11 is 4.08. The molecular weight excluding hydrogens is 551 g/mol. The van der Waals surface area contributed by atoms with Gasteiger partial charge < -0.3 is 9.73 Å². The van der Waals surface area contributed by atoms with E-state index >= 15 is 0 Å². The number of allylic oxidation sites excluding steroid dienone is 1. The van der Waals surface area contributed by atoms with Crippen molar-refractivity contribution in [3.63, 3.8) is 0 Å². The number of hydrogen-bond donors (Lipinski definition) is 1. The first-order valence-corrected chi connectivity index (χ1v) is 14.5.